The van der Waals surface area contributed by atoms with Crippen LogP contribution in [0.5, 0.6) is 0 Å². The molecule has 0 amide bonds. The van der Waals surface area contributed by atoms with E-state index < -0.39 is 0 Å². The van der Waals surface area contributed by atoms with Gasteiger partial charge in [-0.15, -0.1) is 0 Å². The van der Waals surface area contributed by atoms with Gasteiger partial charge in [0, 0.05) is 0 Å². The summed E-state index contributed by atoms with van der Waals surface area (Å²) in [6.45, 7) is 6.46. The standard InChI is InChI=1S/C16H22O2/c1-10(2)13-6-5-7-14(11(3)12-8-9-12)15(13)16(17)18-4/h5-7,10-12H,8-9H2,1-4H3/t11-/m1/s1. The summed E-state index contributed by atoms with van der Waals surface area (Å²) in [7, 11) is 1.46. The molecule has 1 saturated carbocycles. The van der Waals surface area contributed by atoms with Gasteiger partial charge in [-0.2, -0.15) is 0 Å². The lowest BCUT2D eigenvalue weighted by Gasteiger charge is -2.19. The summed E-state index contributed by atoms with van der Waals surface area (Å²) >= 11 is 0. The first-order valence-corrected chi connectivity index (χ1v) is 6.77. The number of esters is 1. The van der Waals surface area contributed by atoms with Crippen LogP contribution in [0.3, 0.4) is 0 Å². The van der Waals surface area contributed by atoms with E-state index in [1.54, 1.807) is 0 Å². The Labute approximate surface area is 109 Å². The first-order chi connectivity index (χ1) is 8.56. The van der Waals surface area contributed by atoms with Crippen molar-refractivity contribution < 1.29 is 9.53 Å². The number of benzene rings is 1. The first kappa shape index (κ1) is 13.1. The maximum absolute atomic E-state index is 12.1. The van der Waals surface area contributed by atoms with Gasteiger partial charge in [0.05, 0.1) is 12.7 Å². The highest BCUT2D eigenvalue weighted by molar-refractivity contribution is 5.93. The molecule has 1 aromatic rings. The van der Waals surface area contributed by atoms with Gasteiger partial charge in [-0.05, 0) is 41.7 Å². The molecule has 2 heteroatoms. The second-order valence-electron chi connectivity index (χ2n) is 5.58. The van der Waals surface area contributed by atoms with Crippen molar-refractivity contribution in [3.05, 3.63) is 34.9 Å². The second-order valence-corrected chi connectivity index (χ2v) is 5.58. The number of carbonyl (C=O) groups excluding carboxylic acids is 1. The first-order valence-electron chi connectivity index (χ1n) is 6.77. The molecule has 2 rings (SSSR count). The Kier molecular flexibility index (Phi) is 3.74. The minimum Gasteiger partial charge on any atom is -0.465 e. The van der Waals surface area contributed by atoms with Crippen molar-refractivity contribution in [1.29, 1.82) is 0 Å². The van der Waals surface area contributed by atoms with Crippen molar-refractivity contribution in [3.63, 3.8) is 0 Å². The van der Waals surface area contributed by atoms with E-state index in [4.69, 9.17) is 4.74 Å². The molecule has 2 nitrogen and oxygen atoms in total. The number of rotatable bonds is 4. The van der Waals surface area contributed by atoms with Crippen LogP contribution in [-0.2, 0) is 4.74 Å². The summed E-state index contributed by atoms with van der Waals surface area (Å²) in [5.74, 6) is 1.35. The summed E-state index contributed by atoms with van der Waals surface area (Å²) in [6, 6.07) is 6.19. The van der Waals surface area contributed by atoms with Gasteiger partial charge in [-0.25, -0.2) is 4.79 Å². The van der Waals surface area contributed by atoms with E-state index in [9.17, 15) is 4.79 Å². The van der Waals surface area contributed by atoms with Crippen molar-refractivity contribution in [2.75, 3.05) is 7.11 Å². The largest absolute Gasteiger partial charge is 0.465 e. The van der Waals surface area contributed by atoms with Gasteiger partial charge in [-0.1, -0.05) is 39.0 Å². The summed E-state index contributed by atoms with van der Waals surface area (Å²) in [4.78, 5) is 12.1. The lowest BCUT2D eigenvalue weighted by molar-refractivity contribution is 0.0597. The van der Waals surface area contributed by atoms with Crippen LogP contribution in [0.1, 0.15) is 66.9 Å². The fraction of sp³-hybridized carbons (Fsp3) is 0.562. The Morgan fingerprint density at radius 2 is 1.83 bits per heavy atom. The van der Waals surface area contributed by atoms with Crippen molar-refractivity contribution in [1.82, 2.24) is 0 Å². The third-order valence-corrected chi connectivity index (χ3v) is 3.96. The molecule has 0 aromatic heterocycles. The van der Waals surface area contributed by atoms with E-state index in [2.05, 4.69) is 32.9 Å². The lowest BCUT2D eigenvalue weighted by atomic mass is 9.86. The minimum atomic E-state index is -0.193. The predicted octanol–water partition coefficient (Wildman–Crippen LogP) is 4.11. The molecule has 1 fully saturated rings. The predicted molar refractivity (Wildman–Crippen MR) is 73.0 cm³/mol. The molecule has 0 aliphatic heterocycles. The third kappa shape index (κ3) is 2.43. The highest BCUT2D eigenvalue weighted by Gasteiger charge is 2.32. The van der Waals surface area contributed by atoms with Crippen LogP contribution in [-0.4, -0.2) is 13.1 Å². The summed E-state index contributed by atoms with van der Waals surface area (Å²) in [5.41, 5.74) is 3.07. The van der Waals surface area contributed by atoms with Gasteiger partial charge < -0.3 is 4.74 Å². The molecule has 0 saturated heterocycles. The van der Waals surface area contributed by atoms with E-state index in [-0.39, 0.29) is 5.97 Å². The van der Waals surface area contributed by atoms with Crippen molar-refractivity contribution >= 4 is 5.97 Å². The van der Waals surface area contributed by atoms with E-state index in [1.807, 2.05) is 6.07 Å². The number of methoxy groups -OCH3 is 1. The Bertz CT molecular complexity index is 444. The lowest BCUT2D eigenvalue weighted by Crippen LogP contribution is -2.13. The molecule has 0 heterocycles. The van der Waals surface area contributed by atoms with Crippen LogP contribution < -0.4 is 0 Å². The van der Waals surface area contributed by atoms with E-state index in [0.29, 0.717) is 11.8 Å². The number of ether oxygens (including phenoxy) is 1. The maximum atomic E-state index is 12.1. The number of hydrogen-bond donors (Lipinski definition) is 0. The number of hydrogen-bond acceptors (Lipinski definition) is 2. The molecule has 0 N–H and O–H groups in total. The molecule has 0 radical (unpaired) electrons. The van der Waals surface area contributed by atoms with Crippen LogP contribution >= 0.6 is 0 Å². The zero-order valence-electron chi connectivity index (χ0n) is 11.7. The van der Waals surface area contributed by atoms with Gasteiger partial charge >= 0.3 is 5.97 Å². The van der Waals surface area contributed by atoms with Crippen LogP contribution in [0, 0.1) is 5.92 Å². The summed E-state index contributed by atoms with van der Waals surface area (Å²) < 4.78 is 4.98. The average Bonchev–Trinajstić information content (AvgIpc) is 3.20. The molecule has 1 aliphatic rings. The maximum Gasteiger partial charge on any atom is 0.338 e. The molecular formula is C16H22O2. The van der Waals surface area contributed by atoms with Gasteiger partial charge in [0.1, 0.15) is 0 Å². The summed E-state index contributed by atoms with van der Waals surface area (Å²) in [5, 5.41) is 0. The Morgan fingerprint density at radius 1 is 1.22 bits per heavy atom. The van der Waals surface area contributed by atoms with Crippen LogP contribution in [0.4, 0.5) is 0 Å². The quantitative estimate of drug-likeness (QED) is 0.747. The smallest absolute Gasteiger partial charge is 0.338 e. The average molecular weight is 246 g/mol. The summed E-state index contributed by atoms with van der Waals surface area (Å²) in [6.07, 6.45) is 2.57. The SMILES string of the molecule is COC(=O)c1c(C(C)C)cccc1[C@H](C)C1CC1. The van der Waals surface area contributed by atoms with Gasteiger partial charge in [0.15, 0.2) is 0 Å². The minimum absolute atomic E-state index is 0.193. The van der Waals surface area contributed by atoms with Crippen molar-refractivity contribution in [2.45, 2.75) is 45.4 Å². The zero-order valence-corrected chi connectivity index (χ0v) is 11.7. The molecule has 98 valence electrons. The van der Waals surface area contributed by atoms with E-state index in [1.165, 1.54) is 20.0 Å². The van der Waals surface area contributed by atoms with Crippen LogP contribution in [0.15, 0.2) is 18.2 Å². The molecule has 0 spiro atoms. The van der Waals surface area contributed by atoms with Crippen LogP contribution in [0.2, 0.25) is 0 Å². The Balaban J connectivity index is 2.50. The second kappa shape index (κ2) is 5.13. The molecule has 18 heavy (non-hydrogen) atoms. The number of carbonyl (C=O) groups is 1. The van der Waals surface area contributed by atoms with E-state index in [0.717, 1.165) is 22.6 Å². The normalized spacial score (nSPS) is 16.7. The molecule has 0 unspecified atom stereocenters. The third-order valence-electron chi connectivity index (χ3n) is 3.96. The van der Waals surface area contributed by atoms with Crippen molar-refractivity contribution in [2.24, 2.45) is 5.92 Å². The molecule has 1 aromatic carbocycles. The van der Waals surface area contributed by atoms with Gasteiger partial charge in [0.2, 0.25) is 0 Å². The van der Waals surface area contributed by atoms with E-state index >= 15 is 0 Å². The molecule has 0 bridgehead atoms. The highest BCUT2D eigenvalue weighted by Crippen LogP contribution is 2.44. The highest BCUT2D eigenvalue weighted by atomic mass is 16.5. The monoisotopic (exact) mass is 246 g/mol. The van der Waals surface area contributed by atoms with Gasteiger partial charge in [0.25, 0.3) is 0 Å². The fourth-order valence-corrected chi connectivity index (χ4v) is 2.64. The molecular weight excluding hydrogens is 224 g/mol. The van der Waals surface area contributed by atoms with Crippen LogP contribution in [0.25, 0.3) is 0 Å². The van der Waals surface area contributed by atoms with Crippen molar-refractivity contribution in [3.8, 4) is 0 Å². The molecule has 1 aliphatic carbocycles. The zero-order chi connectivity index (χ0) is 13.3. The van der Waals surface area contributed by atoms with Gasteiger partial charge in [-0.3, -0.25) is 0 Å². The topological polar surface area (TPSA) is 26.3 Å². The fourth-order valence-electron chi connectivity index (χ4n) is 2.64. The molecule has 1 atom stereocenters. The Morgan fingerprint density at radius 3 is 2.33 bits per heavy atom. The Hall–Kier alpha value is -1.31.